The normalized spacial score (nSPS) is 13.1. The van der Waals surface area contributed by atoms with Crippen LogP contribution in [0.5, 0.6) is 0 Å². The Labute approximate surface area is 63.8 Å². The van der Waals surface area contributed by atoms with Crippen LogP contribution in [0.3, 0.4) is 0 Å². The minimum Gasteiger partial charge on any atom is -0.300 e. The highest BCUT2D eigenvalue weighted by atomic mass is 16.1. The van der Waals surface area contributed by atoms with Crippen LogP contribution in [0.4, 0.5) is 0 Å². The Kier molecular flexibility index (Phi) is 5.27. The van der Waals surface area contributed by atoms with E-state index in [1.165, 1.54) is 0 Å². The molecule has 0 fully saturated rings. The van der Waals surface area contributed by atoms with Gasteiger partial charge in [-0.25, -0.2) is 0 Å². The zero-order valence-electron chi connectivity index (χ0n) is 7.31. The molecule has 0 rings (SSSR count). The molecule has 0 aliphatic rings. The highest BCUT2D eigenvalue weighted by molar-refractivity contribution is 5.78. The van der Waals surface area contributed by atoms with Gasteiger partial charge in [0.1, 0.15) is 5.78 Å². The number of rotatable bonds is 5. The van der Waals surface area contributed by atoms with Crippen LogP contribution in [0.15, 0.2) is 0 Å². The van der Waals surface area contributed by atoms with E-state index >= 15 is 0 Å². The maximum atomic E-state index is 11.0. The van der Waals surface area contributed by atoms with E-state index < -0.39 is 0 Å². The van der Waals surface area contributed by atoms with Gasteiger partial charge in [-0.1, -0.05) is 27.2 Å². The van der Waals surface area contributed by atoms with Gasteiger partial charge in [0.05, 0.1) is 0 Å². The van der Waals surface area contributed by atoms with Crippen LogP contribution in [0.2, 0.25) is 0 Å². The summed E-state index contributed by atoms with van der Waals surface area (Å²) in [5.74, 6) is 1.01. The molecule has 1 nitrogen and oxygen atoms in total. The second-order valence-electron chi connectivity index (χ2n) is 3.01. The number of hydrogen-bond acceptors (Lipinski definition) is 1. The average Bonchev–Trinajstić information content (AvgIpc) is 1.88. The van der Waals surface area contributed by atoms with Crippen molar-refractivity contribution >= 4 is 5.78 Å². The van der Waals surface area contributed by atoms with Crippen LogP contribution in [0.25, 0.3) is 0 Å². The van der Waals surface area contributed by atoms with E-state index in [4.69, 9.17) is 0 Å². The molecule has 0 saturated heterocycles. The van der Waals surface area contributed by atoms with Crippen LogP contribution >= 0.6 is 0 Å². The molecule has 0 aromatic carbocycles. The van der Waals surface area contributed by atoms with Gasteiger partial charge in [0.2, 0.25) is 0 Å². The van der Waals surface area contributed by atoms with Gasteiger partial charge in [-0.05, 0) is 12.3 Å². The Morgan fingerprint density at radius 1 is 1.40 bits per heavy atom. The third-order valence-corrected chi connectivity index (χ3v) is 1.80. The van der Waals surface area contributed by atoms with Gasteiger partial charge >= 0.3 is 0 Å². The molecule has 0 heterocycles. The zero-order valence-corrected chi connectivity index (χ0v) is 7.31. The fourth-order valence-electron chi connectivity index (χ4n) is 0.914. The minimum absolute atomic E-state index is 0.428. The van der Waals surface area contributed by atoms with Crippen molar-refractivity contribution in [2.45, 2.75) is 46.5 Å². The molecule has 0 aliphatic carbocycles. The largest absolute Gasteiger partial charge is 0.300 e. The van der Waals surface area contributed by atoms with E-state index in [9.17, 15) is 4.79 Å². The van der Waals surface area contributed by atoms with Crippen LogP contribution in [0.1, 0.15) is 46.5 Å². The number of ketones is 1. The topological polar surface area (TPSA) is 17.1 Å². The summed E-state index contributed by atoms with van der Waals surface area (Å²) in [6.45, 7) is 6.31. The molecule has 0 radical (unpaired) electrons. The van der Waals surface area contributed by atoms with Crippen molar-refractivity contribution in [2.75, 3.05) is 0 Å². The lowest BCUT2D eigenvalue weighted by Gasteiger charge is -2.05. The van der Waals surface area contributed by atoms with E-state index in [0.717, 1.165) is 25.7 Å². The highest BCUT2D eigenvalue weighted by Crippen LogP contribution is 2.08. The molecular formula is C9H18O. The van der Waals surface area contributed by atoms with Crippen molar-refractivity contribution in [2.24, 2.45) is 5.92 Å². The predicted octanol–water partition coefficient (Wildman–Crippen LogP) is 2.79. The lowest BCUT2D eigenvalue weighted by Crippen LogP contribution is -2.03. The average molecular weight is 142 g/mol. The first-order valence-corrected chi connectivity index (χ1v) is 4.22. The third kappa shape index (κ3) is 4.54. The smallest absolute Gasteiger partial charge is 0.133 e. The van der Waals surface area contributed by atoms with Gasteiger partial charge in [0.25, 0.3) is 0 Å². The standard InChI is InChI=1S/C9H18O/c1-4-6-9(10)7-8(3)5-2/h8H,4-7H2,1-3H3/t8-/m1/s1. The molecule has 1 atom stereocenters. The molecule has 0 bridgehead atoms. The molecule has 0 N–H and O–H groups in total. The number of carbonyl (C=O) groups excluding carboxylic acids is 1. The number of carbonyl (C=O) groups is 1. The molecule has 0 unspecified atom stereocenters. The first kappa shape index (κ1) is 9.67. The van der Waals surface area contributed by atoms with E-state index in [1.54, 1.807) is 0 Å². The van der Waals surface area contributed by atoms with E-state index in [1.807, 2.05) is 0 Å². The molecule has 0 aromatic heterocycles. The minimum atomic E-state index is 0.428. The van der Waals surface area contributed by atoms with Crippen molar-refractivity contribution in [3.63, 3.8) is 0 Å². The summed E-state index contributed by atoms with van der Waals surface area (Å²) >= 11 is 0. The summed E-state index contributed by atoms with van der Waals surface area (Å²) in [4.78, 5) is 11.0. The van der Waals surface area contributed by atoms with Gasteiger partial charge < -0.3 is 0 Å². The lowest BCUT2D eigenvalue weighted by molar-refractivity contribution is -0.119. The lowest BCUT2D eigenvalue weighted by atomic mass is 10.0. The summed E-state index contributed by atoms with van der Waals surface area (Å²) in [6.07, 6.45) is 3.67. The highest BCUT2D eigenvalue weighted by Gasteiger charge is 2.04. The maximum Gasteiger partial charge on any atom is 0.133 e. The molecule has 0 saturated carbocycles. The third-order valence-electron chi connectivity index (χ3n) is 1.80. The molecular weight excluding hydrogens is 124 g/mol. The Bertz CT molecular complexity index is 96.9. The number of hydrogen-bond donors (Lipinski definition) is 0. The van der Waals surface area contributed by atoms with Crippen molar-refractivity contribution in [1.29, 1.82) is 0 Å². The van der Waals surface area contributed by atoms with Crippen LogP contribution in [-0.4, -0.2) is 5.78 Å². The molecule has 10 heavy (non-hydrogen) atoms. The molecule has 0 spiro atoms. The summed E-state index contributed by atoms with van der Waals surface area (Å²) in [5.41, 5.74) is 0. The monoisotopic (exact) mass is 142 g/mol. The maximum absolute atomic E-state index is 11.0. The summed E-state index contributed by atoms with van der Waals surface area (Å²) in [5, 5.41) is 0. The van der Waals surface area contributed by atoms with Gasteiger partial charge in [-0.15, -0.1) is 0 Å². The second-order valence-corrected chi connectivity index (χ2v) is 3.01. The van der Waals surface area contributed by atoms with Crippen molar-refractivity contribution in [3.05, 3.63) is 0 Å². The van der Waals surface area contributed by atoms with Crippen molar-refractivity contribution in [1.82, 2.24) is 0 Å². The molecule has 0 aromatic rings. The molecule has 60 valence electrons. The fraction of sp³-hybridized carbons (Fsp3) is 0.889. The van der Waals surface area contributed by atoms with Crippen LogP contribution in [-0.2, 0) is 4.79 Å². The van der Waals surface area contributed by atoms with Gasteiger partial charge in [0.15, 0.2) is 0 Å². The first-order valence-electron chi connectivity index (χ1n) is 4.22. The summed E-state index contributed by atoms with van der Waals surface area (Å²) < 4.78 is 0. The second kappa shape index (κ2) is 5.45. The summed E-state index contributed by atoms with van der Waals surface area (Å²) in [7, 11) is 0. The zero-order chi connectivity index (χ0) is 7.98. The Balaban J connectivity index is 3.37. The SMILES string of the molecule is CCCC(=O)C[C@H](C)CC. The molecule has 0 amide bonds. The van der Waals surface area contributed by atoms with Gasteiger partial charge in [-0.2, -0.15) is 0 Å². The first-order chi connectivity index (χ1) is 4.70. The number of Topliss-reactive ketones (excluding diaryl/α,β-unsaturated/α-hetero) is 1. The van der Waals surface area contributed by atoms with Gasteiger partial charge in [0, 0.05) is 12.8 Å². The van der Waals surface area contributed by atoms with Crippen LogP contribution < -0.4 is 0 Å². The molecule has 0 aliphatic heterocycles. The van der Waals surface area contributed by atoms with Crippen molar-refractivity contribution in [3.8, 4) is 0 Å². The Hall–Kier alpha value is -0.330. The van der Waals surface area contributed by atoms with E-state index in [0.29, 0.717) is 11.7 Å². The Morgan fingerprint density at radius 2 is 2.00 bits per heavy atom. The van der Waals surface area contributed by atoms with Crippen LogP contribution in [0, 0.1) is 5.92 Å². The fourth-order valence-corrected chi connectivity index (χ4v) is 0.914. The van der Waals surface area contributed by atoms with Crippen molar-refractivity contribution < 1.29 is 4.79 Å². The van der Waals surface area contributed by atoms with E-state index in [-0.39, 0.29) is 0 Å². The quantitative estimate of drug-likeness (QED) is 0.577. The predicted molar refractivity (Wildman–Crippen MR) is 44.0 cm³/mol. The molecule has 1 heteroatoms. The van der Waals surface area contributed by atoms with Gasteiger partial charge in [-0.3, -0.25) is 4.79 Å². The Morgan fingerprint density at radius 3 is 2.40 bits per heavy atom. The summed E-state index contributed by atoms with van der Waals surface area (Å²) in [6, 6.07) is 0. The van der Waals surface area contributed by atoms with E-state index in [2.05, 4.69) is 20.8 Å².